The smallest absolute Gasteiger partial charge is 0.245 e. The fourth-order valence-corrected chi connectivity index (χ4v) is 3.99. The Morgan fingerprint density at radius 1 is 1.30 bits per heavy atom. The van der Waals surface area contributed by atoms with E-state index in [1.54, 1.807) is 11.9 Å². The van der Waals surface area contributed by atoms with Gasteiger partial charge in [-0.25, -0.2) is 9.37 Å². The second kappa shape index (κ2) is 13.1. The number of allylic oxidation sites excluding steroid dienone is 1. The average Bonchev–Trinajstić information content (AvgIpc) is 2.92. The standard InChI is InChI=1S/C27H33FN6O3/c1-3-25(35)33(2)19-20-7-9-21(10-8-20)30-26-24(28)18-29-27(32-26)31-22-5-4-6-23(17-22)37-16-13-34-11-14-36-15-12-34/h3-5,7-10,17-18,23H,1,6,11-16,19H2,2H3,(H2,29,30,31,32). The van der Waals surface area contributed by atoms with Crippen LogP contribution in [0.15, 0.2) is 67.0 Å². The lowest BCUT2D eigenvalue weighted by Crippen LogP contribution is -2.38. The first kappa shape index (κ1) is 26.5. The number of benzene rings is 1. The predicted octanol–water partition coefficient (Wildman–Crippen LogP) is 3.48. The minimum Gasteiger partial charge on any atom is -0.379 e. The van der Waals surface area contributed by atoms with Crippen molar-refractivity contribution in [2.24, 2.45) is 0 Å². The Morgan fingerprint density at radius 3 is 2.84 bits per heavy atom. The zero-order chi connectivity index (χ0) is 26.0. The van der Waals surface area contributed by atoms with Gasteiger partial charge in [-0.2, -0.15) is 4.98 Å². The number of likely N-dealkylation sites (N-methyl/N-ethyl adjacent to an activating group) is 1. The van der Waals surface area contributed by atoms with Gasteiger partial charge >= 0.3 is 0 Å². The van der Waals surface area contributed by atoms with E-state index in [4.69, 9.17) is 9.47 Å². The Bertz CT molecular complexity index is 1130. The van der Waals surface area contributed by atoms with E-state index in [-0.39, 0.29) is 23.8 Å². The van der Waals surface area contributed by atoms with E-state index in [1.165, 1.54) is 6.08 Å². The Labute approximate surface area is 216 Å². The summed E-state index contributed by atoms with van der Waals surface area (Å²) in [6, 6.07) is 7.34. The number of morpholine rings is 1. The highest BCUT2D eigenvalue weighted by atomic mass is 19.1. The van der Waals surface area contributed by atoms with Gasteiger partial charge in [-0.05, 0) is 42.3 Å². The van der Waals surface area contributed by atoms with E-state index < -0.39 is 5.82 Å². The van der Waals surface area contributed by atoms with Crippen molar-refractivity contribution < 1.29 is 18.7 Å². The third kappa shape index (κ3) is 7.94. The number of nitrogens with zero attached hydrogens (tertiary/aromatic N) is 4. The SMILES string of the molecule is C=CC(=O)N(C)Cc1ccc(Nc2nc(NC3=CC(OCCN4CCOCC4)CC=C3)ncc2F)cc1. The van der Waals surface area contributed by atoms with Crippen molar-refractivity contribution in [2.75, 3.05) is 57.1 Å². The van der Waals surface area contributed by atoms with Gasteiger partial charge in [-0.15, -0.1) is 0 Å². The van der Waals surface area contributed by atoms with Gasteiger partial charge in [0.15, 0.2) is 11.6 Å². The molecule has 10 heteroatoms. The summed E-state index contributed by atoms with van der Waals surface area (Å²) in [6.07, 6.45) is 9.11. The van der Waals surface area contributed by atoms with Crippen LogP contribution in [-0.4, -0.2) is 78.3 Å². The molecule has 2 heterocycles. The minimum absolute atomic E-state index is 0.0501. The molecule has 1 fully saturated rings. The summed E-state index contributed by atoms with van der Waals surface area (Å²) >= 11 is 0. The normalized spacial score (nSPS) is 17.7. The third-order valence-corrected chi connectivity index (χ3v) is 6.06. The van der Waals surface area contributed by atoms with Crippen LogP contribution >= 0.6 is 0 Å². The van der Waals surface area contributed by atoms with Crippen LogP contribution in [0, 0.1) is 5.82 Å². The van der Waals surface area contributed by atoms with Crippen molar-refractivity contribution >= 4 is 23.4 Å². The number of rotatable bonds is 11. The quantitative estimate of drug-likeness (QED) is 0.446. The first-order valence-electron chi connectivity index (χ1n) is 12.3. The molecule has 1 unspecified atom stereocenters. The van der Waals surface area contributed by atoms with E-state index in [9.17, 15) is 9.18 Å². The number of nitrogens with one attached hydrogen (secondary N) is 2. The summed E-state index contributed by atoms with van der Waals surface area (Å²) in [7, 11) is 1.71. The molecule has 9 nitrogen and oxygen atoms in total. The van der Waals surface area contributed by atoms with Crippen LogP contribution in [0.4, 0.5) is 21.8 Å². The Balaban J connectivity index is 1.32. The van der Waals surface area contributed by atoms with Gasteiger partial charge in [0.05, 0.1) is 32.1 Å². The maximum Gasteiger partial charge on any atom is 0.245 e. The lowest BCUT2D eigenvalue weighted by atomic mass is 10.1. The molecule has 2 aromatic rings. The summed E-state index contributed by atoms with van der Waals surface area (Å²) in [4.78, 5) is 24.0. The minimum atomic E-state index is -0.566. The number of hydrogen-bond donors (Lipinski definition) is 2. The third-order valence-electron chi connectivity index (χ3n) is 6.06. The molecule has 1 saturated heterocycles. The average molecular weight is 509 g/mol. The Hall–Kier alpha value is -3.60. The molecule has 1 aromatic carbocycles. The summed E-state index contributed by atoms with van der Waals surface area (Å²) in [5, 5.41) is 6.14. The zero-order valence-corrected chi connectivity index (χ0v) is 21.0. The number of carbonyl (C=O) groups is 1. The van der Waals surface area contributed by atoms with Crippen molar-refractivity contribution in [1.82, 2.24) is 19.8 Å². The topological polar surface area (TPSA) is 91.9 Å². The van der Waals surface area contributed by atoms with Crippen LogP contribution in [0.5, 0.6) is 0 Å². The highest BCUT2D eigenvalue weighted by Crippen LogP contribution is 2.21. The van der Waals surface area contributed by atoms with Crippen molar-refractivity contribution in [3.63, 3.8) is 0 Å². The summed E-state index contributed by atoms with van der Waals surface area (Å²) in [5.74, 6) is -0.389. The van der Waals surface area contributed by atoms with Crippen LogP contribution in [0.25, 0.3) is 0 Å². The van der Waals surface area contributed by atoms with Gasteiger partial charge in [0.1, 0.15) is 0 Å². The first-order chi connectivity index (χ1) is 18.0. The molecule has 0 bridgehead atoms. The number of carbonyl (C=O) groups excluding carboxylic acids is 1. The Kier molecular flexibility index (Phi) is 9.36. The molecule has 2 N–H and O–H groups in total. The second-order valence-corrected chi connectivity index (χ2v) is 8.86. The van der Waals surface area contributed by atoms with Gasteiger partial charge < -0.3 is 25.0 Å². The molecule has 1 aromatic heterocycles. The summed E-state index contributed by atoms with van der Waals surface area (Å²) < 4.78 is 25.9. The fourth-order valence-electron chi connectivity index (χ4n) is 3.99. The summed E-state index contributed by atoms with van der Waals surface area (Å²) in [5.41, 5.74) is 2.39. The van der Waals surface area contributed by atoms with Crippen LogP contribution in [0.1, 0.15) is 12.0 Å². The Morgan fingerprint density at radius 2 is 2.08 bits per heavy atom. The molecule has 0 spiro atoms. The van der Waals surface area contributed by atoms with Gasteiger partial charge in [0.25, 0.3) is 0 Å². The predicted molar refractivity (Wildman–Crippen MR) is 141 cm³/mol. The maximum absolute atomic E-state index is 14.4. The van der Waals surface area contributed by atoms with Crippen molar-refractivity contribution in [1.29, 1.82) is 0 Å². The second-order valence-electron chi connectivity index (χ2n) is 8.86. The van der Waals surface area contributed by atoms with Gasteiger partial charge in [0.2, 0.25) is 11.9 Å². The van der Waals surface area contributed by atoms with Crippen molar-refractivity contribution in [2.45, 2.75) is 19.1 Å². The first-order valence-corrected chi connectivity index (χ1v) is 12.3. The number of ether oxygens (including phenoxy) is 2. The number of halogens is 1. The van der Waals surface area contributed by atoms with Gasteiger partial charge in [0, 0.05) is 44.6 Å². The number of hydrogen-bond acceptors (Lipinski definition) is 8. The van der Waals surface area contributed by atoms with Crippen LogP contribution in [0.2, 0.25) is 0 Å². The molecule has 0 saturated carbocycles. The molecular formula is C27H33FN6O3. The van der Waals surface area contributed by atoms with Crippen molar-refractivity contribution in [3.05, 3.63) is 78.4 Å². The molecule has 1 amide bonds. The molecule has 1 atom stereocenters. The maximum atomic E-state index is 14.4. The largest absolute Gasteiger partial charge is 0.379 e. The molecule has 1 aliphatic heterocycles. The lowest BCUT2D eigenvalue weighted by Gasteiger charge is -2.27. The highest BCUT2D eigenvalue weighted by Gasteiger charge is 2.15. The summed E-state index contributed by atoms with van der Waals surface area (Å²) in [6.45, 7) is 8.88. The zero-order valence-electron chi connectivity index (χ0n) is 21.0. The van der Waals surface area contributed by atoms with Gasteiger partial charge in [-0.3, -0.25) is 9.69 Å². The lowest BCUT2D eigenvalue weighted by molar-refractivity contribution is -0.125. The van der Waals surface area contributed by atoms with E-state index in [1.807, 2.05) is 42.5 Å². The monoisotopic (exact) mass is 508 g/mol. The van der Waals surface area contributed by atoms with E-state index in [2.05, 4.69) is 32.1 Å². The molecule has 37 heavy (non-hydrogen) atoms. The van der Waals surface area contributed by atoms with Crippen LogP contribution < -0.4 is 10.6 Å². The molecule has 4 rings (SSSR count). The van der Waals surface area contributed by atoms with E-state index >= 15 is 0 Å². The van der Waals surface area contributed by atoms with Crippen LogP contribution in [-0.2, 0) is 20.8 Å². The number of anilines is 3. The highest BCUT2D eigenvalue weighted by molar-refractivity contribution is 5.86. The fraction of sp³-hybridized carbons (Fsp3) is 0.370. The molecule has 2 aliphatic rings. The van der Waals surface area contributed by atoms with E-state index in [0.29, 0.717) is 18.8 Å². The molecule has 1 aliphatic carbocycles. The van der Waals surface area contributed by atoms with E-state index in [0.717, 1.165) is 56.7 Å². The molecular weight excluding hydrogens is 475 g/mol. The molecule has 0 radical (unpaired) electrons. The number of aromatic nitrogens is 2. The number of amides is 1. The van der Waals surface area contributed by atoms with Crippen LogP contribution in [0.3, 0.4) is 0 Å². The van der Waals surface area contributed by atoms with Crippen molar-refractivity contribution in [3.8, 4) is 0 Å². The molecule has 196 valence electrons. The van der Waals surface area contributed by atoms with Gasteiger partial charge in [-0.1, -0.05) is 24.8 Å².